The van der Waals surface area contributed by atoms with Crippen molar-refractivity contribution in [1.82, 2.24) is 0 Å². The third kappa shape index (κ3) is 6.40. The lowest BCUT2D eigenvalue weighted by Gasteiger charge is -2.09. The highest BCUT2D eigenvalue weighted by atomic mass is 35.5. The monoisotopic (exact) mass is 384 g/mol. The van der Waals surface area contributed by atoms with E-state index in [9.17, 15) is 22.8 Å². The molecule has 26 heavy (non-hydrogen) atoms. The summed E-state index contributed by atoms with van der Waals surface area (Å²) in [7, 11) is 0. The summed E-state index contributed by atoms with van der Waals surface area (Å²) >= 11 is 5.80. The Morgan fingerprint density at radius 2 is 1.42 bits per heavy atom. The lowest BCUT2D eigenvalue weighted by molar-refractivity contribution is -0.167. The zero-order valence-electron chi connectivity index (χ0n) is 13.6. The number of amides is 2. The topological polar surface area (TPSA) is 58.2 Å². The number of hydrogen-bond acceptors (Lipinski definition) is 2. The van der Waals surface area contributed by atoms with Gasteiger partial charge in [0.25, 0.3) is 0 Å². The van der Waals surface area contributed by atoms with Crippen molar-refractivity contribution in [2.75, 3.05) is 10.6 Å². The fourth-order valence-electron chi connectivity index (χ4n) is 2.17. The van der Waals surface area contributed by atoms with Gasteiger partial charge in [-0.3, -0.25) is 9.59 Å². The Morgan fingerprint density at radius 1 is 0.885 bits per heavy atom. The van der Waals surface area contributed by atoms with Gasteiger partial charge in [-0.1, -0.05) is 23.7 Å². The standard InChI is InChI=1S/C18H16ClF3N2O2/c19-13-6-4-12(5-7-13)2-1-3-16(25)23-14-8-10-15(11-9-14)24-17(26)18(20,21)22/h4-11H,1-3H2,(H,23,25)(H,24,26). The van der Waals surface area contributed by atoms with Gasteiger partial charge in [0.05, 0.1) is 0 Å². The predicted molar refractivity (Wildman–Crippen MR) is 94.1 cm³/mol. The molecule has 0 saturated carbocycles. The lowest BCUT2D eigenvalue weighted by atomic mass is 10.1. The van der Waals surface area contributed by atoms with Crippen LogP contribution in [0, 0.1) is 0 Å². The van der Waals surface area contributed by atoms with Gasteiger partial charge >= 0.3 is 12.1 Å². The number of anilines is 2. The molecular weight excluding hydrogens is 369 g/mol. The number of nitrogens with one attached hydrogen (secondary N) is 2. The molecule has 2 rings (SSSR count). The maximum absolute atomic E-state index is 12.2. The van der Waals surface area contributed by atoms with Gasteiger partial charge in [-0.15, -0.1) is 0 Å². The molecule has 0 spiro atoms. The molecule has 0 atom stereocenters. The Kier molecular flexibility index (Phi) is 6.63. The molecule has 0 aliphatic heterocycles. The number of hydrogen-bond donors (Lipinski definition) is 2. The fraction of sp³-hybridized carbons (Fsp3) is 0.222. The van der Waals surface area contributed by atoms with Crippen LogP contribution in [-0.2, 0) is 16.0 Å². The Hall–Kier alpha value is -2.54. The summed E-state index contributed by atoms with van der Waals surface area (Å²) in [6, 6.07) is 12.8. The highest BCUT2D eigenvalue weighted by molar-refractivity contribution is 6.30. The zero-order chi connectivity index (χ0) is 19.2. The minimum Gasteiger partial charge on any atom is -0.326 e. The van der Waals surface area contributed by atoms with Crippen LogP contribution in [0.5, 0.6) is 0 Å². The summed E-state index contributed by atoms with van der Waals surface area (Å²) in [5.74, 6) is -2.25. The molecule has 0 aliphatic carbocycles. The van der Waals surface area contributed by atoms with E-state index in [4.69, 9.17) is 11.6 Å². The number of alkyl halides is 3. The molecule has 138 valence electrons. The van der Waals surface area contributed by atoms with E-state index in [-0.39, 0.29) is 11.6 Å². The van der Waals surface area contributed by atoms with Crippen molar-refractivity contribution in [2.45, 2.75) is 25.4 Å². The number of carbonyl (C=O) groups is 2. The van der Waals surface area contributed by atoms with Gasteiger partial charge in [-0.2, -0.15) is 13.2 Å². The van der Waals surface area contributed by atoms with Crippen molar-refractivity contribution in [2.24, 2.45) is 0 Å². The molecule has 0 bridgehead atoms. The summed E-state index contributed by atoms with van der Waals surface area (Å²) in [6.07, 6.45) is -3.27. The third-order valence-corrected chi connectivity index (χ3v) is 3.72. The van der Waals surface area contributed by atoms with Gasteiger partial charge < -0.3 is 10.6 Å². The van der Waals surface area contributed by atoms with Crippen molar-refractivity contribution in [3.63, 3.8) is 0 Å². The molecule has 0 heterocycles. The summed E-state index contributed by atoms with van der Waals surface area (Å²) in [6.45, 7) is 0. The van der Waals surface area contributed by atoms with Gasteiger partial charge in [-0.25, -0.2) is 0 Å². The number of rotatable bonds is 6. The van der Waals surface area contributed by atoms with Crippen LogP contribution in [0.25, 0.3) is 0 Å². The SMILES string of the molecule is O=C(CCCc1ccc(Cl)cc1)Nc1ccc(NC(=O)C(F)(F)F)cc1. The van der Waals surface area contributed by atoms with E-state index in [2.05, 4.69) is 5.32 Å². The molecule has 0 saturated heterocycles. The first-order valence-corrected chi connectivity index (χ1v) is 8.14. The van der Waals surface area contributed by atoms with E-state index in [0.717, 1.165) is 12.0 Å². The third-order valence-electron chi connectivity index (χ3n) is 3.47. The predicted octanol–water partition coefficient (Wildman–Crippen LogP) is 4.80. The number of carbonyl (C=O) groups excluding carboxylic acids is 2. The maximum Gasteiger partial charge on any atom is 0.471 e. The van der Waals surface area contributed by atoms with E-state index in [1.165, 1.54) is 24.3 Å². The maximum atomic E-state index is 12.2. The summed E-state index contributed by atoms with van der Waals surface area (Å²) in [4.78, 5) is 22.7. The van der Waals surface area contributed by atoms with E-state index in [1.807, 2.05) is 12.1 Å². The second-order valence-electron chi connectivity index (χ2n) is 5.56. The van der Waals surface area contributed by atoms with Crippen LogP contribution in [0.2, 0.25) is 5.02 Å². The zero-order valence-corrected chi connectivity index (χ0v) is 14.3. The Balaban J connectivity index is 1.78. The molecular formula is C18H16ClF3N2O2. The highest BCUT2D eigenvalue weighted by Gasteiger charge is 2.38. The highest BCUT2D eigenvalue weighted by Crippen LogP contribution is 2.20. The van der Waals surface area contributed by atoms with Crippen molar-refractivity contribution in [1.29, 1.82) is 0 Å². The van der Waals surface area contributed by atoms with E-state index in [1.54, 1.807) is 17.4 Å². The molecule has 2 N–H and O–H groups in total. The van der Waals surface area contributed by atoms with Gasteiger partial charge in [0.15, 0.2) is 0 Å². The van der Waals surface area contributed by atoms with Crippen LogP contribution in [0.15, 0.2) is 48.5 Å². The largest absolute Gasteiger partial charge is 0.471 e. The molecule has 4 nitrogen and oxygen atoms in total. The first kappa shape index (κ1) is 19.8. The van der Waals surface area contributed by atoms with E-state index in [0.29, 0.717) is 23.6 Å². The average molecular weight is 385 g/mol. The smallest absolute Gasteiger partial charge is 0.326 e. The van der Waals surface area contributed by atoms with Crippen LogP contribution in [0.1, 0.15) is 18.4 Å². The lowest BCUT2D eigenvalue weighted by Crippen LogP contribution is -2.29. The molecule has 2 amide bonds. The first-order chi connectivity index (χ1) is 12.2. The van der Waals surface area contributed by atoms with Gasteiger partial charge in [0.2, 0.25) is 5.91 Å². The Labute approximate surface area is 153 Å². The number of aryl methyl sites for hydroxylation is 1. The molecule has 8 heteroatoms. The molecule has 2 aromatic rings. The van der Waals surface area contributed by atoms with Crippen LogP contribution in [-0.4, -0.2) is 18.0 Å². The van der Waals surface area contributed by atoms with Crippen molar-refractivity contribution in [3.8, 4) is 0 Å². The van der Waals surface area contributed by atoms with E-state index < -0.39 is 12.1 Å². The van der Waals surface area contributed by atoms with Crippen LogP contribution in [0.3, 0.4) is 0 Å². The molecule has 0 fully saturated rings. The average Bonchev–Trinajstić information content (AvgIpc) is 2.57. The summed E-state index contributed by atoms with van der Waals surface area (Å²) < 4.78 is 36.5. The quantitative estimate of drug-likeness (QED) is 0.751. The Bertz CT molecular complexity index is 760. The molecule has 0 unspecified atom stereocenters. The van der Waals surface area contributed by atoms with Crippen molar-refractivity contribution < 1.29 is 22.8 Å². The number of benzene rings is 2. The second kappa shape index (κ2) is 8.71. The van der Waals surface area contributed by atoms with Crippen molar-refractivity contribution >= 4 is 34.8 Å². The molecule has 0 radical (unpaired) electrons. The van der Waals surface area contributed by atoms with E-state index >= 15 is 0 Å². The molecule has 0 aromatic heterocycles. The van der Waals surface area contributed by atoms with Crippen LogP contribution >= 0.6 is 11.6 Å². The van der Waals surface area contributed by atoms with Crippen LogP contribution < -0.4 is 10.6 Å². The molecule has 2 aromatic carbocycles. The first-order valence-electron chi connectivity index (χ1n) is 7.76. The van der Waals surface area contributed by atoms with Crippen LogP contribution in [0.4, 0.5) is 24.5 Å². The van der Waals surface area contributed by atoms with Gasteiger partial charge in [-0.05, 0) is 54.8 Å². The molecule has 0 aliphatic rings. The fourth-order valence-corrected chi connectivity index (χ4v) is 2.29. The minimum atomic E-state index is -4.95. The second-order valence-corrected chi connectivity index (χ2v) is 5.99. The minimum absolute atomic E-state index is 0.00642. The summed E-state index contributed by atoms with van der Waals surface area (Å²) in [5, 5.41) is 5.04. The Morgan fingerprint density at radius 3 is 1.96 bits per heavy atom. The van der Waals surface area contributed by atoms with Gasteiger partial charge in [0.1, 0.15) is 0 Å². The normalized spacial score (nSPS) is 11.1. The van der Waals surface area contributed by atoms with Crippen molar-refractivity contribution in [3.05, 3.63) is 59.1 Å². The van der Waals surface area contributed by atoms with Gasteiger partial charge in [0, 0.05) is 22.8 Å². The number of halogens is 4. The summed E-state index contributed by atoms with van der Waals surface area (Å²) in [5.41, 5.74) is 1.51.